The number of nitrogens with two attached hydrogens (primary N) is 1. The van der Waals surface area contributed by atoms with Crippen molar-refractivity contribution in [3.63, 3.8) is 0 Å². The van der Waals surface area contributed by atoms with Crippen LogP contribution < -0.4 is 11.1 Å². The number of rotatable bonds is 9. The van der Waals surface area contributed by atoms with E-state index < -0.39 is 5.41 Å². The molecule has 3 N–H and O–H groups in total. The number of amides is 1. The molecule has 1 atom stereocenters. The van der Waals surface area contributed by atoms with Crippen LogP contribution in [0.2, 0.25) is 0 Å². The normalized spacial score (nSPS) is 13.1. The number of hydrogen-bond donors (Lipinski definition) is 2. The average Bonchev–Trinajstić information content (AvgIpc) is 2.28. The predicted molar refractivity (Wildman–Crippen MR) is 78.5 cm³/mol. The van der Waals surface area contributed by atoms with E-state index in [4.69, 9.17) is 22.7 Å². The minimum absolute atomic E-state index is 0.0371. The van der Waals surface area contributed by atoms with Gasteiger partial charge < -0.3 is 15.8 Å². The van der Waals surface area contributed by atoms with Crippen LogP contribution in [0, 0.1) is 5.41 Å². The summed E-state index contributed by atoms with van der Waals surface area (Å²) in [7, 11) is 1.61. The highest BCUT2D eigenvalue weighted by Gasteiger charge is 2.40. The van der Waals surface area contributed by atoms with E-state index >= 15 is 0 Å². The lowest BCUT2D eigenvalue weighted by Crippen LogP contribution is -2.51. The lowest BCUT2D eigenvalue weighted by Gasteiger charge is -2.32. The van der Waals surface area contributed by atoms with Crippen molar-refractivity contribution in [1.29, 1.82) is 0 Å². The summed E-state index contributed by atoms with van der Waals surface area (Å²) < 4.78 is 5.02. The number of ether oxygens (including phenoxy) is 1. The van der Waals surface area contributed by atoms with Crippen LogP contribution in [-0.2, 0) is 9.53 Å². The second-order valence-corrected chi connectivity index (χ2v) is 5.22. The SMILES string of the molecule is CCCC(CCC)(C(=O)NC(C)COC)C(N)=S. The Bertz CT molecular complexity index is 276. The van der Waals surface area contributed by atoms with Crippen LogP contribution in [0.1, 0.15) is 46.5 Å². The number of carbonyl (C=O) groups is 1. The van der Waals surface area contributed by atoms with Crippen molar-refractivity contribution in [2.45, 2.75) is 52.5 Å². The second-order valence-electron chi connectivity index (χ2n) is 4.78. The van der Waals surface area contributed by atoms with E-state index in [-0.39, 0.29) is 11.9 Å². The fourth-order valence-corrected chi connectivity index (χ4v) is 2.51. The van der Waals surface area contributed by atoms with E-state index in [9.17, 15) is 4.79 Å². The van der Waals surface area contributed by atoms with Crippen LogP contribution in [0.5, 0.6) is 0 Å². The van der Waals surface area contributed by atoms with Gasteiger partial charge in [-0.15, -0.1) is 0 Å². The highest BCUT2D eigenvalue weighted by Crippen LogP contribution is 2.31. The number of carbonyl (C=O) groups excluding carboxylic acids is 1. The van der Waals surface area contributed by atoms with E-state index in [1.165, 1.54) is 0 Å². The lowest BCUT2D eigenvalue weighted by molar-refractivity contribution is -0.129. The van der Waals surface area contributed by atoms with Gasteiger partial charge in [0, 0.05) is 13.2 Å². The Balaban J connectivity index is 4.93. The van der Waals surface area contributed by atoms with Crippen LogP contribution in [0.15, 0.2) is 0 Å². The smallest absolute Gasteiger partial charge is 0.233 e. The largest absolute Gasteiger partial charge is 0.392 e. The van der Waals surface area contributed by atoms with Crippen molar-refractivity contribution in [3.05, 3.63) is 0 Å². The molecule has 0 aliphatic heterocycles. The molecule has 1 unspecified atom stereocenters. The van der Waals surface area contributed by atoms with Crippen LogP contribution in [0.3, 0.4) is 0 Å². The van der Waals surface area contributed by atoms with Gasteiger partial charge in [-0.1, -0.05) is 38.9 Å². The number of nitrogens with one attached hydrogen (secondary N) is 1. The van der Waals surface area contributed by atoms with Gasteiger partial charge in [-0.2, -0.15) is 0 Å². The minimum atomic E-state index is -0.708. The first-order chi connectivity index (χ1) is 8.44. The zero-order valence-corrected chi connectivity index (χ0v) is 12.7. The Morgan fingerprint density at radius 1 is 1.39 bits per heavy atom. The van der Waals surface area contributed by atoms with E-state index in [0.29, 0.717) is 24.4 Å². The van der Waals surface area contributed by atoms with Crippen molar-refractivity contribution in [2.24, 2.45) is 11.1 Å². The fourth-order valence-electron chi connectivity index (χ4n) is 2.22. The molecule has 0 rings (SSSR count). The molecule has 0 aromatic heterocycles. The van der Waals surface area contributed by atoms with Gasteiger partial charge in [0.05, 0.1) is 17.0 Å². The standard InChI is InChI=1S/C13H26N2O2S/c1-5-7-13(8-6-2,11(14)18)12(16)15-10(3)9-17-4/h10H,5-9H2,1-4H3,(H2,14,18)(H,15,16). The van der Waals surface area contributed by atoms with Crippen molar-refractivity contribution in [3.8, 4) is 0 Å². The number of hydrogen-bond acceptors (Lipinski definition) is 3. The molecular formula is C13H26N2O2S. The summed E-state index contributed by atoms with van der Waals surface area (Å²) >= 11 is 5.14. The highest BCUT2D eigenvalue weighted by molar-refractivity contribution is 7.80. The topological polar surface area (TPSA) is 64.3 Å². The first-order valence-electron chi connectivity index (χ1n) is 6.54. The summed E-state index contributed by atoms with van der Waals surface area (Å²) in [6.07, 6.45) is 3.15. The molecule has 1 amide bonds. The van der Waals surface area contributed by atoms with E-state index in [2.05, 4.69) is 5.32 Å². The fraction of sp³-hybridized carbons (Fsp3) is 0.846. The molecule has 0 heterocycles. The molecule has 0 fully saturated rings. The maximum absolute atomic E-state index is 12.4. The third-order valence-electron chi connectivity index (χ3n) is 3.05. The van der Waals surface area contributed by atoms with Gasteiger partial charge in [-0.3, -0.25) is 4.79 Å². The summed E-state index contributed by atoms with van der Waals surface area (Å²) in [5.41, 5.74) is 5.13. The van der Waals surface area contributed by atoms with Crippen molar-refractivity contribution in [2.75, 3.05) is 13.7 Å². The predicted octanol–water partition coefficient (Wildman–Crippen LogP) is 2.01. The molecule has 0 radical (unpaired) electrons. The van der Waals surface area contributed by atoms with Crippen LogP contribution in [0.4, 0.5) is 0 Å². The zero-order valence-electron chi connectivity index (χ0n) is 11.9. The monoisotopic (exact) mass is 274 g/mol. The van der Waals surface area contributed by atoms with E-state index in [1.807, 2.05) is 20.8 Å². The van der Waals surface area contributed by atoms with Crippen molar-refractivity contribution in [1.82, 2.24) is 5.32 Å². The Morgan fingerprint density at radius 2 is 1.89 bits per heavy atom. The van der Waals surface area contributed by atoms with Gasteiger partial charge in [0.1, 0.15) is 0 Å². The lowest BCUT2D eigenvalue weighted by atomic mass is 9.78. The average molecular weight is 274 g/mol. The molecule has 5 heteroatoms. The van der Waals surface area contributed by atoms with Gasteiger partial charge in [0.15, 0.2) is 0 Å². The zero-order chi connectivity index (χ0) is 14.2. The van der Waals surface area contributed by atoms with Gasteiger partial charge in [-0.05, 0) is 19.8 Å². The molecule has 0 aromatic rings. The maximum atomic E-state index is 12.4. The summed E-state index contributed by atoms with van der Waals surface area (Å²) in [5.74, 6) is -0.0664. The summed E-state index contributed by atoms with van der Waals surface area (Å²) in [5, 5.41) is 2.94. The quantitative estimate of drug-likeness (QED) is 0.631. The van der Waals surface area contributed by atoms with Gasteiger partial charge >= 0.3 is 0 Å². The molecule has 4 nitrogen and oxygen atoms in total. The van der Waals surface area contributed by atoms with E-state index in [0.717, 1.165) is 12.8 Å². The first-order valence-corrected chi connectivity index (χ1v) is 6.95. The number of thiocarbonyl (C=S) groups is 1. The molecule has 0 saturated heterocycles. The summed E-state index contributed by atoms with van der Waals surface area (Å²) in [6.45, 7) is 6.46. The highest BCUT2D eigenvalue weighted by atomic mass is 32.1. The van der Waals surface area contributed by atoms with Crippen LogP contribution in [0.25, 0.3) is 0 Å². The van der Waals surface area contributed by atoms with Gasteiger partial charge in [0.2, 0.25) is 5.91 Å². The Hall–Kier alpha value is -0.680. The Morgan fingerprint density at radius 3 is 2.22 bits per heavy atom. The molecule has 0 saturated carbocycles. The van der Waals surface area contributed by atoms with Crippen LogP contribution in [-0.4, -0.2) is 30.7 Å². The molecule has 0 aliphatic rings. The minimum Gasteiger partial charge on any atom is -0.392 e. The third kappa shape index (κ3) is 4.53. The Kier molecular flexibility index (Phi) is 8.11. The molecule has 0 aromatic carbocycles. The van der Waals surface area contributed by atoms with Crippen molar-refractivity contribution >= 4 is 23.1 Å². The molecule has 0 aliphatic carbocycles. The summed E-state index contributed by atoms with van der Waals surface area (Å²) in [4.78, 5) is 12.7. The van der Waals surface area contributed by atoms with E-state index in [1.54, 1.807) is 7.11 Å². The Labute approximate surface area is 116 Å². The third-order valence-corrected chi connectivity index (χ3v) is 3.44. The van der Waals surface area contributed by atoms with Gasteiger partial charge in [-0.25, -0.2) is 0 Å². The second kappa shape index (κ2) is 8.43. The molecule has 106 valence electrons. The molecule has 0 spiro atoms. The molecule has 0 bridgehead atoms. The van der Waals surface area contributed by atoms with Crippen molar-refractivity contribution < 1.29 is 9.53 Å². The molecule has 18 heavy (non-hydrogen) atoms. The summed E-state index contributed by atoms with van der Waals surface area (Å²) in [6, 6.07) is -0.0371. The van der Waals surface area contributed by atoms with Gasteiger partial charge in [0.25, 0.3) is 0 Å². The first kappa shape index (κ1) is 17.3. The molecular weight excluding hydrogens is 248 g/mol. The number of methoxy groups -OCH3 is 1. The maximum Gasteiger partial charge on any atom is 0.233 e. The van der Waals surface area contributed by atoms with Crippen LogP contribution >= 0.6 is 12.2 Å².